The number of carboxylic acids is 1. The summed E-state index contributed by atoms with van der Waals surface area (Å²) < 4.78 is 36.3. The maximum atomic E-state index is 12.1. The van der Waals surface area contributed by atoms with Gasteiger partial charge in [-0.05, 0) is 6.07 Å². The summed E-state index contributed by atoms with van der Waals surface area (Å²) in [4.78, 5) is 13.4. The monoisotopic (exact) mass is 206 g/mol. The number of hydrogen-bond acceptors (Lipinski definition) is 3. The number of carbonyl (C=O) groups is 1. The van der Waals surface area contributed by atoms with Crippen molar-refractivity contribution < 1.29 is 23.1 Å². The molecular formula is C7H5F3N2O2. The number of hydrogen-bond donors (Lipinski definition) is 2. The molecule has 0 aromatic carbocycles. The smallest absolute Gasteiger partial charge is 0.419 e. The molecule has 1 rings (SSSR count). The van der Waals surface area contributed by atoms with Gasteiger partial charge in [-0.2, -0.15) is 13.2 Å². The fourth-order valence-electron chi connectivity index (χ4n) is 0.825. The lowest BCUT2D eigenvalue weighted by atomic mass is 10.2. The van der Waals surface area contributed by atoms with Crippen molar-refractivity contribution in [3.8, 4) is 0 Å². The van der Waals surface area contributed by atoms with Crippen molar-refractivity contribution in [1.29, 1.82) is 0 Å². The van der Waals surface area contributed by atoms with Gasteiger partial charge in [0.15, 0.2) is 0 Å². The van der Waals surface area contributed by atoms with Gasteiger partial charge in [0.1, 0.15) is 5.69 Å². The topological polar surface area (TPSA) is 76.2 Å². The fourth-order valence-corrected chi connectivity index (χ4v) is 0.825. The highest BCUT2D eigenvalue weighted by molar-refractivity contribution is 5.86. The molecule has 0 fully saturated rings. The van der Waals surface area contributed by atoms with E-state index in [1.165, 1.54) is 0 Å². The van der Waals surface area contributed by atoms with Crippen molar-refractivity contribution in [1.82, 2.24) is 4.98 Å². The van der Waals surface area contributed by atoms with Crippen molar-refractivity contribution in [3.05, 3.63) is 23.5 Å². The zero-order valence-electron chi connectivity index (χ0n) is 6.67. The molecule has 0 aliphatic heterocycles. The Morgan fingerprint density at radius 1 is 1.50 bits per heavy atom. The molecule has 76 valence electrons. The predicted octanol–water partition coefficient (Wildman–Crippen LogP) is 1.38. The van der Waals surface area contributed by atoms with Crippen LogP contribution in [0, 0.1) is 0 Å². The zero-order chi connectivity index (χ0) is 10.9. The van der Waals surface area contributed by atoms with Crippen LogP contribution in [0.1, 0.15) is 16.1 Å². The first kappa shape index (κ1) is 10.3. The second kappa shape index (κ2) is 3.17. The van der Waals surface area contributed by atoms with Crippen LogP contribution in [0.15, 0.2) is 12.3 Å². The molecule has 0 aliphatic carbocycles. The maximum absolute atomic E-state index is 12.1. The molecule has 0 aliphatic rings. The molecule has 0 radical (unpaired) electrons. The Balaban J connectivity index is 3.21. The fraction of sp³-hybridized carbons (Fsp3) is 0.143. The number of aromatic nitrogens is 1. The van der Waals surface area contributed by atoms with Gasteiger partial charge in [-0.15, -0.1) is 0 Å². The van der Waals surface area contributed by atoms with Crippen LogP contribution < -0.4 is 5.73 Å². The molecule has 0 atom stereocenters. The van der Waals surface area contributed by atoms with Crippen LogP contribution in [-0.2, 0) is 6.18 Å². The minimum atomic E-state index is -4.62. The average Bonchev–Trinajstić information content (AvgIpc) is 2.01. The van der Waals surface area contributed by atoms with Crippen molar-refractivity contribution in [2.24, 2.45) is 0 Å². The summed E-state index contributed by atoms with van der Waals surface area (Å²) in [5.41, 5.74) is 2.72. The number of pyridine rings is 1. The number of anilines is 1. The average molecular weight is 206 g/mol. The third-order valence-corrected chi connectivity index (χ3v) is 1.46. The number of aromatic carboxylic acids is 1. The van der Waals surface area contributed by atoms with Crippen LogP contribution >= 0.6 is 0 Å². The molecular weight excluding hydrogens is 201 g/mol. The standard InChI is InChI=1S/C7H5F3N2O2/c8-7(9,10)3-2-12-5(6(13)14)1-4(3)11/h1-2H,(H2,11,12)(H,13,14). The molecule has 0 bridgehead atoms. The molecule has 0 amide bonds. The van der Waals surface area contributed by atoms with E-state index in [0.29, 0.717) is 12.3 Å². The highest BCUT2D eigenvalue weighted by atomic mass is 19.4. The SMILES string of the molecule is Nc1cc(C(=O)O)ncc1C(F)(F)F. The van der Waals surface area contributed by atoms with E-state index in [0.717, 1.165) is 0 Å². The summed E-state index contributed by atoms with van der Waals surface area (Å²) in [5, 5.41) is 8.40. The summed E-state index contributed by atoms with van der Waals surface area (Å²) in [7, 11) is 0. The van der Waals surface area contributed by atoms with E-state index in [1.807, 2.05) is 0 Å². The van der Waals surface area contributed by atoms with E-state index in [9.17, 15) is 18.0 Å². The number of nitrogens with two attached hydrogens (primary N) is 1. The highest BCUT2D eigenvalue weighted by Crippen LogP contribution is 2.32. The van der Waals surface area contributed by atoms with Gasteiger partial charge in [0.05, 0.1) is 5.56 Å². The van der Waals surface area contributed by atoms with E-state index in [1.54, 1.807) is 0 Å². The number of halogens is 3. The van der Waals surface area contributed by atoms with E-state index in [-0.39, 0.29) is 0 Å². The molecule has 0 unspecified atom stereocenters. The first-order valence-electron chi connectivity index (χ1n) is 3.38. The minimum absolute atomic E-state index is 0.402. The number of nitrogens with zero attached hydrogens (tertiary/aromatic N) is 1. The minimum Gasteiger partial charge on any atom is -0.477 e. The molecule has 0 spiro atoms. The second-order valence-corrected chi connectivity index (χ2v) is 2.46. The summed E-state index contributed by atoms with van der Waals surface area (Å²) in [5.74, 6) is -1.43. The zero-order valence-corrected chi connectivity index (χ0v) is 6.67. The van der Waals surface area contributed by atoms with Crippen LogP contribution in [0.2, 0.25) is 0 Å². The first-order valence-corrected chi connectivity index (χ1v) is 3.38. The lowest BCUT2D eigenvalue weighted by Crippen LogP contribution is -2.11. The highest BCUT2D eigenvalue weighted by Gasteiger charge is 2.33. The maximum Gasteiger partial charge on any atom is 0.419 e. The molecule has 0 saturated carbocycles. The van der Waals surface area contributed by atoms with Crippen LogP contribution in [0.3, 0.4) is 0 Å². The van der Waals surface area contributed by atoms with Gasteiger partial charge in [-0.25, -0.2) is 9.78 Å². The second-order valence-electron chi connectivity index (χ2n) is 2.46. The van der Waals surface area contributed by atoms with Crippen molar-refractivity contribution in [2.75, 3.05) is 5.73 Å². The molecule has 14 heavy (non-hydrogen) atoms. The van der Waals surface area contributed by atoms with Crippen molar-refractivity contribution in [3.63, 3.8) is 0 Å². The molecule has 7 heteroatoms. The lowest BCUT2D eigenvalue weighted by Gasteiger charge is -2.08. The number of nitrogen functional groups attached to an aromatic ring is 1. The number of alkyl halides is 3. The Bertz CT molecular complexity index is 376. The number of rotatable bonds is 1. The van der Waals surface area contributed by atoms with Gasteiger partial charge in [0, 0.05) is 11.9 Å². The van der Waals surface area contributed by atoms with Gasteiger partial charge in [-0.3, -0.25) is 0 Å². The van der Waals surface area contributed by atoms with E-state index >= 15 is 0 Å². The van der Waals surface area contributed by atoms with E-state index in [4.69, 9.17) is 10.8 Å². The lowest BCUT2D eigenvalue weighted by molar-refractivity contribution is -0.137. The van der Waals surface area contributed by atoms with E-state index in [2.05, 4.69) is 4.98 Å². The van der Waals surface area contributed by atoms with Crippen molar-refractivity contribution >= 4 is 11.7 Å². The predicted molar refractivity (Wildman–Crippen MR) is 40.6 cm³/mol. The van der Waals surface area contributed by atoms with Crippen molar-refractivity contribution in [2.45, 2.75) is 6.18 Å². The third kappa shape index (κ3) is 1.93. The molecule has 1 aromatic heterocycles. The van der Waals surface area contributed by atoms with Crippen LogP contribution in [0.25, 0.3) is 0 Å². The normalized spacial score (nSPS) is 11.4. The van der Waals surface area contributed by atoms with Crippen LogP contribution in [0.5, 0.6) is 0 Å². The quantitative estimate of drug-likeness (QED) is 0.727. The van der Waals surface area contributed by atoms with Gasteiger partial charge < -0.3 is 10.8 Å². The molecule has 1 aromatic rings. The summed E-state index contributed by atoms with van der Waals surface area (Å²) in [6, 6.07) is 0.672. The summed E-state index contributed by atoms with van der Waals surface area (Å²) >= 11 is 0. The summed E-state index contributed by atoms with van der Waals surface area (Å²) in [6.07, 6.45) is -4.22. The Morgan fingerprint density at radius 2 is 2.07 bits per heavy atom. The van der Waals surface area contributed by atoms with Gasteiger partial charge in [0.25, 0.3) is 0 Å². The Kier molecular flexibility index (Phi) is 2.33. The first-order chi connectivity index (χ1) is 6.32. The van der Waals surface area contributed by atoms with Gasteiger partial charge >= 0.3 is 12.1 Å². The third-order valence-electron chi connectivity index (χ3n) is 1.46. The van der Waals surface area contributed by atoms with Gasteiger partial charge in [0.2, 0.25) is 0 Å². The Labute approximate surface area is 76.2 Å². The summed E-state index contributed by atoms with van der Waals surface area (Å²) in [6.45, 7) is 0. The Hall–Kier alpha value is -1.79. The molecule has 1 heterocycles. The van der Waals surface area contributed by atoms with Crippen LogP contribution in [0.4, 0.5) is 18.9 Å². The van der Waals surface area contributed by atoms with Crippen LogP contribution in [-0.4, -0.2) is 16.1 Å². The Morgan fingerprint density at radius 3 is 2.43 bits per heavy atom. The molecule has 4 nitrogen and oxygen atoms in total. The van der Waals surface area contributed by atoms with E-state index < -0.39 is 29.1 Å². The molecule has 0 saturated heterocycles. The molecule has 3 N–H and O–H groups in total. The number of carboxylic acid groups (broad SMARTS) is 1. The van der Waals surface area contributed by atoms with Gasteiger partial charge in [-0.1, -0.05) is 0 Å². The largest absolute Gasteiger partial charge is 0.477 e.